The zero-order valence-corrected chi connectivity index (χ0v) is 16.9. The third kappa shape index (κ3) is 3.03. The Morgan fingerprint density at radius 3 is 2.74 bits per heavy atom. The molecule has 3 heterocycles. The molecule has 1 N–H and O–H groups in total. The van der Waals surface area contributed by atoms with Gasteiger partial charge in [0.15, 0.2) is 0 Å². The number of sulfonamides is 1. The van der Waals surface area contributed by atoms with Crippen molar-refractivity contribution >= 4 is 33.3 Å². The number of benzene rings is 1. The second-order valence-electron chi connectivity index (χ2n) is 7.64. The van der Waals surface area contributed by atoms with E-state index in [0.29, 0.717) is 23.0 Å². The Labute approximate surface area is 176 Å². The molecule has 2 bridgehead atoms. The monoisotopic (exact) mass is 444 g/mol. The number of hydrogen-bond donors (Lipinski definition) is 1. The van der Waals surface area contributed by atoms with Gasteiger partial charge in [-0.25, -0.2) is 21.9 Å². The molecule has 0 saturated carbocycles. The molecule has 0 radical (unpaired) electrons. The molecule has 160 valence electrons. The first-order chi connectivity index (χ1) is 14.8. The lowest BCUT2D eigenvalue weighted by molar-refractivity contribution is -0.131. The third-order valence-electron chi connectivity index (χ3n) is 5.76. The van der Waals surface area contributed by atoms with Crippen LogP contribution in [0, 0.1) is 11.7 Å². The van der Waals surface area contributed by atoms with Gasteiger partial charge < -0.3 is 10.2 Å². The number of rotatable bonds is 3. The number of nitrogens with one attached hydrogen (secondary N) is 1. The average molecular weight is 444 g/mol. The standard InChI is InChI=1S/C20H17FN4O5S/c21-13-4-5-14-17(9-13)31(29,30)25(20(28)22-14)11-19(27)24-10-12-7-15(16(24)8-12)23-6-2-1-3-18(23)26/h1-7,9,12,16H,8,10-11H2,(H,22,28)/t12-,16-/m1/s1. The Hall–Kier alpha value is -3.47. The van der Waals surface area contributed by atoms with E-state index in [4.69, 9.17) is 0 Å². The van der Waals surface area contributed by atoms with Crippen molar-refractivity contribution in [1.82, 2.24) is 13.8 Å². The van der Waals surface area contributed by atoms with Gasteiger partial charge in [-0.2, -0.15) is 0 Å². The number of halogens is 1. The van der Waals surface area contributed by atoms with Crippen molar-refractivity contribution < 1.29 is 22.4 Å². The number of carbonyl (C=O) groups is 2. The van der Waals surface area contributed by atoms with E-state index in [2.05, 4.69) is 5.32 Å². The smallest absolute Gasteiger partial charge is 0.332 e. The van der Waals surface area contributed by atoms with Gasteiger partial charge in [-0.05, 0) is 36.6 Å². The molecule has 2 aromatic rings. The number of hydrogen-bond acceptors (Lipinski definition) is 5. The topological polar surface area (TPSA) is 109 Å². The summed E-state index contributed by atoms with van der Waals surface area (Å²) in [4.78, 5) is 38.7. The van der Waals surface area contributed by atoms with Gasteiger partial charge in [0.05, 0.1) is 11.7 Å². The Morgan fingerprint density at radius 1 is 1.19 bits per heavy atom. The summed E-state index contributed by atoms with van der Waals surface area (Å²) in [5, 5.41) is 2.38. The van der Waals surface area contributed by atoms with Crippen LogP contribution in [0.3, 0.4) is 0 Å². The summed E-state index contributed by atoms with van der Waals surface area (Å²) in [7, 11) is -4.40. The van der Waals surface area contributed by atoms with Crippen LogP contribution < -0.4 is 10.9 Å². The number of nitrogens with zero attached hydrogens (tertiary/aromatic N) is 3. The van der Waals surface area contributed by atoms with E-state index < -0.39 is 45.3 Å². The average Bonchev–Trinajstić information content (AvgIpc) is 3.33. The van der Waals surface area contributed by atoms with Gasteiger partial charge in [0.1, 0.15) is 17.3 Å². The normalized spacial score (nSPS) is 23.4. The second-order valence-corrected chi connectivity index (χ2v) is 9.47. The maximum absolute atomic E-state index is 13.6. The van der Waals surface area contributed by atoms with Crippen molar-refractivity contribution in [3.05, 3.63) is 64.8 Å². The molecule has 2 aliphatic heterocycles. The van der Waals surface area contributed by atoms with Crippen molar-refractivity contribution in [2.45, 2.75) is 17.4 Å². The number of carbonyl (C=O) groups excluding carboxylic acids is 2. The Kier molecular flexibility index (Phi) is 4.26. The van der Waals surface area contributed by atoms with E-state index in [1.807, 2.05) is 6.08 Å². The van der Waals surface area contributed by atoms with Crippen LogP contribution in [0.25, 0.3) is 5.70 Å². The van der Waals surface area contributed by atoms with E-state index in [1.165, 1.54) is 15.5 Å². The molecule has 2 atom stereocenters. The molecule has 1 fully saturated rings. The predicted molar refractivity (Wildman–Crippen MR) is 108 cm³/mol. The number of anilines is 1. The van der Waals surface area contributed by atoms with Crippen molar-refractivity contribution in [3.8, 4) is 0 Å². The molecular formula is C20H17FN4O5S. The van der Waals surface area contributed by atoms with E-state index in [-0.39, 0.29) is 17.2 Å². The van der Waals surface area contributed by atoms with Crippen LogP contribution >= 0.6 is 0 Å². The lowest BCUT2D eigenvalue weighted by atomic mass is 10.2. The summed E-state index contributed by atoms with van der Waals surface area (Å²) >= 11 is 0. The lowest BCUT2D eigenvalue weighted by Gasteiger charge is -2.33. The first kappa shape index (κ1) is 19.5. The van der Waals surface area contributed by atoms with Gasteiger partial charge in [0.25, 0.3) is 15.6 Å². The zero-order valence-electron chi connectivity index (χ0n) is 16.1. The van der Waals surface area contributed by atoms with Crippen molar-refractivity contribution in [2.24, 2.45) is 5.92 Å². The Morgan fingerprint density at radius 2 is 2.00 bits per heavy atom. The number of aromatic nitrogens is 1. The fourth-order valence-electron chi connectivity index (χ4n) is 4.37. The largest absolute Gasteiger partial charge is 0.336 e. The Balaban J connectivity index is 1.41. The molecular weight excluding hydrogens is 427 g/mol. The van der Waals surface area contributed by atoms with E-state index >= 15 is 0 Å². The molecule has 3 amide bonds. The van der Waals surface area contributed by atoms with Gasteiger partial charge >= 0.3 is 6.03 Å². The number of pyridine rings is 1. The van der Waals surface area contributed by atoms with Gasteiger partial charge in [-0.15, -0.1) is 0 Å². The fourth-order valence-corrected chi connectivity index (χ4v) is 5.81. The predicted octanol–water partition coefficient (Wildman–Crippen LogP) is 1.30. The van der Waals surface area contributed by atoms with Crippen LogP contribution in [-0.4, -0.2) is 53.3 Å². The quantitative estimate of drug-likeness (QED) is 0.768. The van der Waals surface area contributed by atoms with Gasteiger partial charge in [-0.1, -0.05) is 12.1 Å². The number of fused-ring (bicyclic) bond motifs is 3. The van der Waals surface area contributed by atoms with Crippen LogP contribution in [0.2, 0.25) is 0 Å². The summed E-state index contributed by atoms with van der Waals surface area (Å²) < 4.78 is 41.2. The van der Waals surface area contributed by atoms with E-state index in [9.17, 15) is 27.2 Å². The SMILES string of the molecule is O=C(CN1C(=O)Nc2ccc(F)cc2S1(=O)=O)N1C[C@@H]2C=C(n3ccccc3=O)[C@H]1C2. The van der Waals surface area contributed by atoms with E-state index in [0.717, 1.165) is 18.2 Å². The summed E-state index contributed by atoms with van der Waals surface area (Å²) in [5.41, 5.74) is 0.392. The number of urea groups is 1. The van der Waals surface area contributed by atoms with Crippen LogP contribution in [0.5, 0.6) is 0 Å². The highest BCUT2D eigenvalue weighted by molar-refractivity contribution is 7.90. The lowest BCUT2D eigenvalue weighted by Crippen LogP contribution is -2.51. The molecule has 11 heteroatoms. The van der Waals surface area contributed by atoms with Crippen LogP contribution in [-0.2, 0) is 14.8 Å². The molecule has 1 aromatic heterocycles. The maximum Gasteiger partial charge on any atom is 0.336 e. The first-order valence-electron chi connectivity index (χ1n) is 9.58. The minimum atomic E-state index is -4.40. The van der Waals surface area contributed by atoms with Gasteiger partial charge in [0.2, 0.25) is 5.91 Å². The molecule has 1 saturated heterocycles. The van der Waals surface area contributed by atoms with Crippen molar-refractivity contribution in [1.29, 1.82) is 0 Å². The van der Waals surface area contributed by atoms with Crippen LogP contribution in [0.4, 0.5) is 14.9 Å². The van der Waals surface area contributed by atoms with Crippen LogP contribution in [0.15, 0.2) is 58.4 Å². The van der Waals surface area contributed by atoms with Gasteiger partial charge in [-0.3, -0.25) is 14.2 Å². The molecule has 31 heavy (non-hydrogen) atoms. The van der Waals surface area contributed by atoms with E-state index in [1.54, 1.807) is 18.3 Å². The first-order valence-corrected chi connectivity index (χ1v) is 11.0. The summed E-state index contributed by atoms with van der Waals surface area (Å²) in [6.07, 6.45) is 4.18. The fraction of sp³-hybridized carbons (Fsp3) is 0.250. The minimum Gasteiger partial charge on any atom is -0.332 e. The Bertz CT molecular complexity index is 1320. The highest BCUT2D eigenvalue weighted by Crippen LogP contribution is 2.39. The summed E-state index contributed by atoms with van der Waals surface area (Å²) in [5.74, 6) is -1.30. The maximum atomic E-state index is 13.6. The molecule has 0 spiro atoms. The zero-order chi connectivity index (χ0) is 21.9. The van der Waals surface area contributed by atoms with Crippen molar-refractivity contribution in [3.63, 3.8) is 0 Å². The molecule has 1 aliphatic carbocycles. The molecule has 5 rings (SSSR count). The number of likely N-dealkylation sites (tertiary alicyclic amines) is 1. The highest BCUT2D eigenvalue weighted by atomic mass is 32.2. The molecule has 0 unspecified atom stereocenters. The third-order valence-corrected chi connectivity index (χ3v) is 7.53. The number of amides is 3. The molecule has 9 nitrogen and oxygen atoms in total. The van der Waals surface area contributed by atoms with Crippen molar-refractivity contribution in [2.75, 3.05) is 18.4 Å². The minimum absolute atomic E-state index is 0.0380. The second kappa shape index (κ2) is 6.77. The summed E-state index contributed by atoms with van der Waals surface area (Å²) in [6, 6.07) is 6.38. The highest BCUT2D eigenvalue weighted by Gasteiger charge is 2.45. The molecule has 1 aromatic carbocycles. The molecule has 3 aliphatic rings. The van der Waals surface area contributed by atoms with Gasteiger partial charge in [0, 0.05) is 24.5 Å². The van der Waals surface area contributed by atoms with Crippen LogP contribution in [0.1, 0.15) is 6.42 Å². The summed E-state index contributed by atoms with van der Waals surface area (Å²) in [6.45, 7) is -0.348.